The zero-order valence-electron chi connectivity index (χ0n) is 7.76. The molecule has 0 bridgehead atoms. The van der Waals surface area contributed by atoms with Crippen LogP contribution in [0.4, 0.5) is 0 Å². The van der Waals surface area contributed by atoms with Crippen LogP contribution in [-0.2, 0) is 4.79 Å². The van der Waals surface area contributed by atoms with Crippen LogP contribution in [0.1, 0.15) is 40.0 Å². The minimum absolute atomic E-state index is 0.226. The summed E-state index contributed by atoms with van der Waals surface area (Å²) in [4.78, 5) is 11.4. The predicted octanol–water partition coefficient (Wildman–Crippen LogP) is 2.65. The summed E-state index contributed by atoms with van der Waals surface area (Å²) in [6, 6.07) is 0. The predicted molar refractivity (Wildman–Crippen MR) is 46.4 cm³/mol. The van der Waals surface area contributed by atoms with E-state index in [1.807, 2.05) is 13.8 Å². The normalized spacial score (nSPS) is 20.4. The minimum atomic E-state index is 0.226. The second kappa shape index (κ2) is 3.38. The van der Waals surface area contributed by atoms with Gasteiger partial charge in [0.05, 0.1) is 0 Å². The highest BCUT2D eigenvalue weighted by atomic mass is 16.1. The minimum Gasteiger partial charge on any atom is -0.299 e. The first-order valence-corrected chi connectivity index (χ1v) is 4.65. The van der Waals surface area contributed by atoms with E-state index in [2.05, 4.69) is 6.92 Å². The van der Waals surface area contributed by atoms with Crippen molar-refractivity contribution in [3.8, 4) is 0 Å². The summed E-state index contributed by atoms with van der Waals surface area (Å²) in [6.07, 6.45) is 3.85. The summed E-state index contributed by atoms with van der Waals surface area (Å²) in [5.41, 5.74) is 0. The van der Waals surface area contributed by atoms with E-state index < -0.39 is 0 Å². The smallest absolute Gasteiger partial charge is 0.138 e. The quantitative estimate of drug-likeness (QED) is 0.608. The van der Waals surface area contributed by atoms with E-state index in [0.717, 1.165) is 12.3 Å². The van der Waals surface area contributed by atoms with E-state index in [4.69, 9.17) is 0 Å². The fourth-order valence-corrected chi connectivity index (χ4v) is 1.54. The number of ketones is 1. The second-order valence-corrected chi connectivity index (χ2v) is 4.14. The van der Waals surface area contributed by atoms with Crippen molar-refractivity contribution in [2.24, 2.45) is 17.8 Å². The van der Waals surface area contributed by atoms with Crippen LogP contribution in [0.5, 0.6) is 0 Å². The van der Waals surface area contributed by atoms with Crippen molar-refractivity contribution < 1.29 is 4.79 Å². The van der Waals surface area contributed by atoms with E-state index in [9.17, 15) is 4.79 Å². The standard InChI is InChI=1S/C10H18O/c1-7(2)10(11)8(3)6-9-4-5-9/h7-9H,4-6H2,1-3H3. The van der Waals surface area contributed by atoms with Crippen LogP contribution in [0.2, 0.25) is 0 Å². The number of rotatable bonds is 4. The summed E-state index contributed by atoms with van der Waals surface area (Å²) in [5.74, 6) is 1.86. The van der Waals surface area contributed by atoms with E-state index in [-0.39, 0.29) is 5.92 Å². The zero-order valence-corrected chi connectivity index (χ0v) is 7.76. The first-order valence-electron chi connectivity index (χ1n) is 4.65. The molecule has 1 nitrogen and oxygen atoms in total. The molecule has 64 valence electrons. The van der Waals surface area contributed by atoms with Crippen molar-refractivity contribution in [3.05, 3.63) is 0 Å². The third-order valence-corrected chi connectivity index (χ3v) is 2.44. The lowest BCUT2D eigenvalue weighted by molar-refractivity contribution is -0.125. The number of carbonyl (C=O) groups excluding carboxylic acids is 1. The molecule has 0 aromatic rings. The molecule has 0 aliphatic heterocycles. The maximum Gasteiger partial charge on any atom is 0.138 e. The average molecular weight is 154 g/mol. The van der Waals surface area contributed by atoms with Gasteiger partial charge in [-0.15, -0.1) is 0 Å². The van der Waals surface area contributed by atoms with Crippen molar-refractivity contribution in [1.29, 1.82) is 0 Å². The summed E-state index contributed by atoms with van der Waals surface area (Å²) in [5, 5.41) is 0. The van der Waals surface area contributed by atoms with Crippen molar-refractivity contribution in [3.63, 3.8) is 0 Å². The molecule has 1 unspecified atom stereocenters. The summed E-state index contributed by atoms with van der Waals surface area (Å²) < 4.78 is 0. The molecule has 0 saturated heterocycles. The van der Waals surface area contributed by atoms with Gasteiger partial charge in [-0.2, -0.15) is 0 Å². The Labute approximate surface area is 69.2 Å². The van der Waals surface area contributed by atoms with Crippen LogP contribution in [0.3, 0.4) is 0 Å². The Balaban J connectivity index is 2.26. The molecule has 0 aromatic carbocycles. The van der Waals surface area contributed by atoms with Gasteiger partial charge in [-0.05, 0) is 12.3 Å². The van der Waals surface area contributed by atoms with Gasteiger partial charge >= 0.3 is 0 Å². The SMILES string of the molecule is CC(C)C(=O)C(C)CC1CC1. The fraction of sp³-hybridized carbons (Fsp3) is 0.900. The third kappa shape index (κ3) is 2.64. The molecule has 1 aliphatic carbocycles. The Morgan fingerprint density at radius 2 is 1.91 bits per heavy atom. The van der Waals surface area contributed by atoms with Crippen LogP contribution in [0.25, 0.3) is 0 Å². The second-order valence-electron chi connectivity index (χ2n) is 4.14. The average Bonchev–Trinajstić information content (AvgIpc) is 2.69. The largest absolute Gasteiger partial charge is 0.299 e. The highest BCUT2D eigenvalue weighted by molar-refractivity contribution is 5.82. The van der Waals surface area contributed by atoms with Gasteiger partial charge in [0.15, 0.2) is 0 Å². The molecule has 1 saturated carbocycles. The highest BCUT2D eigenvalue weighted by Crippen LogP contribution is 2.35. The maximum absolute atomic E-state index is 11.4. The summed E-state index contributed by atoms with van der Waals surface area (Å²) in [7, 11) is 0. The molecule has 0 amide bonds. The van der Waals surface area contributed by atoms with E-state index >= 15 is 0 Å². The van der Waals surface area contributed by atoms with Crippen molar-refractivity contribution in [2.75, 3.05) is 0 Å². The number of carbonyl (C=O) groups is 1. The maximum atomic E-state index is 11.4. The molecule has 1 fully saturated rings. The Kier molecular flexibility index (Phi) is 2.69. The molecule has 1 rings (SSSR count). The van der Waals surface area contributed by atoms with Gasteiger partial charge in [-0.1, -0.05) is 33.6 Å². The Bertz CT molecular complexity index is 145. The molecular formula is C10H18O. The van der Waals surface area contributed by atoms with Gasteiger partial charge in [0.1, 0.15) is 5.78 Å². The molecule has 1 aliphatic rings. The zero-order chi connectivity index (χ0) is 8.43. The van der Waals surface area contributed by atoms with Gasteiger partial charge in [-0.25, -0.2) is 0 Å². The summed E-state index contributed by atoms with van der Waals surface area (Å²) in [6.45, 7) is 6.05. The monoisotopic (exact) mass is 154 g/mol. The third-order valence-electron chi connectivity index (χ3n) is 2.44. The van der Waals surface area contributed by atoms with Gasteiger partial charge in [0.25, 0.3) is 0 Å². The first kappa shape index (κ1) is 8.76. The van der Waals surface area contributed by atoms with Gasteiger partial charge in [0.2, 0.25) is 0 Å². The van der Waals surface area contributed by atoms with Gasteiger partial charge in [-0.3, -0.25) is 4.79 Å². The lowest BCUT2D eigenvalue weighted by Gasteiger charge is -2.11. The molecule has 0 radical (unpaired) electrons. The number of Topliss-reactive ketones (excluding diaryl/α,β-unsaturated/α-hetero) is 1. The van der Waals surface area contributed by atoms with Gasteiger partial charge < -0.3 is 0 Å². The van der Waals surface area contributed by atoms with Crippen LogP contribution < -0.4 is 0 Å². The molecule has 1 atom stereocenters. The highest BCUT2D eigenvalue weighted by Gasteiger charge is 2.27. The van der Waals surface area contributed by atoms with Crippen molar-refractivity contribution in [2.45, 2.75) is 40.0 Å². The van der Waals surface area contributed by atoms with Gasteiger partial charge in [0, 0.05) is 11.8 Å². The van der Waals surface area contributed by atoms with Crippen LogP contribution >= 0.6 is 0 Å². The molecule has 0 heterocycles. The number of hydrogen-bond donors (Lipinski definition) is 0. The van der Waals surface area contributed by atoms with Crippen LogP contribution in [0.15, 0.2) is 0 Å². The molecule has 11 heavy (non-hydrogen) atoms. The molecular weight excluding hydrogens is 136 g/mol. The Hall–Kier alpha value is -0.330. The summed E-state index contributed by atoms with van der Waals surface area (Å²) >= 11 is 0. The van der Waals surface area contributed by atoms with Crippen LogP contribution in [0, 0.1) is 17.8 Å². The topological polar surface area (TPSA) is 17.1 Å². The molecule has 0 spiro atoms. The van der Waals surface area contributed by atoms with E-state index in [0.29, 0.717) is 11.7 Å². The lowest BCUT2D eigenvalue weighted by atomic mass is 9.92. The molecule has 0 aromatic heterocycles. The lowest BCUT2D eigenvalue weighted by Crippen LogP contribution is -2.17. The first-order chi connectivity index (χ1) is 5.11. The van der Waals surface area contributed by atoms with E-state index in [1.165, 1.54) is 12.8 Å². The van der Waals surface area contributed by atoms with Crippen molar-refractivity contribution in [1.82, 2.24) is 0 Å². The molecule has 1 heteroatoms. The fourth-order valence-electron chi connectivity index (χ4n) is 1.54. The van der Waals surface area contributed by atoms with E-state index in [1.54, 1.807) is 0 Å². The number of hydrogen-bond acceptors (Lipinski definition) is 1. The van der Waals surface area contributed by atoms with Crippen LogP contribution in [-0.4, -0.2) is 5.78 Å². The Morgan fingerprint density at radius 1 is 1.36 bits per heavy atom. The molecule has 0 N–H and O–H groups in total. The van der Waals surface area contributed by atoms with Crippen molar-refractivity contribution >= 4 is 5.78 Å². The Morgan fingerprint density at radius 3 is 2.27 bits per heavy atom.